The van der Waals surface area contributed by atoms with E-state index in [0.717, 1.165) is 35.2 Å². The lowest BCUT2D eigenvalue weighted by Gasteiger charge is -2.09. The Bertz CT molecular complexity index is 558. The molecule has 20 heavy (non-hydrogen) atoms. The molecule has 1 heterocycles. The molecule has 0 bridgehead atoms. The molecular formula is C16H20ClN3. The number of aryl methyl sites for hydroxylation is 1. The number of nitrogens with zero attached hydrogens (tertiary/aromatic N) is 3. The molecule has 0 radical (unpaired) electrons. The number of hydrogen-bond acceptors (Lipinski definition) is 2. The summed E-state index contributed by atoms with van der Waals surface area (Å²) in [6.07, 6.45) is 7.54. The van der Waals surface area contributed by atoms with Gasteiger partial charge in [0.15, 0.2) is 5.82 Å². The Morgan fingerprint density at radius 3 is 2.55 bits per heavy atom. The Morgan fingerprint density at radius 1 is 1.15 bits per heavy atom. The van der Waals surface area contributed by atoms with E-state index in [0.29, 0.717) is 0 Å². The van der Waals surface area contributed by atoms with Crippen molar-refractivity contribution in [1.82, 2.24) is 14.8 Å². The van der Waals surface area contributed by atoms with Crippen LogP contribution in [0, 0.1) is 0 Å². The average Bonchev–Trinajstić information content (AvgIpc) is 2.87. The monoisotopic (exact) mass is 289 g/mol. The van der Waals surface area contributed by atoms with E-state index in [4.69, 9.17) is 11.6 Å². The highest BCUT2D eigenvalue weighted by atomic mass is 35.5. The van der Waals surface area contributed by atoms with E-state index in [1.165, 1.54) is 19.3 Å². The number of halogens is 1. The second kappa shape index (κ2) is 7.25. The summed E-state index contributed by atoms with van der Waals surface area (Å²) in [6.45, 7) is 6.02. The Hall–Kier alpha value is -1.61. The topological polar surface area (TPSA) is 30.7 Å². The first-order chi connectivity index (χ1) is 9.76. The third-order valence-corrected chi connectivity index (χ3v) is 3.53. The molecule has 0 fully saturated rings. The molecule has 4 heteroatoms. The van der Waals surface area contributed by atoms with Gasteiger partial charge in [0.2, 0.25) is 0 Å². The Balaban J connectivity index is 2.23. The summed E-state index contributed by atoms with van der Waals surface area (Å²) >= 11 is 5.94. The van der Waals surface area contributed by atoms with Gasteiger partial charge in [-0.25, -0.2) is 0 Å². The van der Waals surface area contributed by atoms with Crippen molar-refractivity contribution in [2.24, 2.45) is 0 Å². The van der Waals surface area contributed by atoms with Gasteiger partial charge in [-0.1, -0.05) is 44.4 Å². The third kappa shape index (κ3) is 3.48. The van der Waals surface area contributed by atoms with Gasteiger partial charge >= 0.3 is 0 Å². The Kier molecular flexibility index (Phi) is 5.36. The van der Waals surface area contributed by atoms with Crippen LogP contribution in [0.15, 0.2) is 30.8 Å². The van der Waals surface area contributed by atoms with E-state index in [-0.39, 0.29) is 0 Å². The van der Waals surface area contributed by atoms with Gasteiger partial charge in [0.05, 0.1) is 0 Å². The van der Waals surface area contributed by atoms with Crippen molar-refractivity contribution >= 4 is 17.7 Å². The van der Waals surface area contributed by atoms with Crippen LogP contribution in [-0.2, 0) is 6.42 Å². The minimum Gasteiger partial charge on any atom is -0.280 e. The molecule has 0 aliphatic carbocycles. The summed E-state index contributed by atoms with van der Waals surface area (Å²) in [5, 5.41) is 9.21. The van der Waals surface area contributed by atoms with Crippen LogP contribution >= 0.6 is 11.6 Å². The molecule has 0 saturated carbocycles. The van der Waals surface area contributed by atoms with Crippen LogP contribution in [-0.4, -0.2) is 14.8 Å². The molecule has 0 aliphatic rings. The highest BCUT2D eigenvalue weighted by Crippen LogP contribution is 2.18. The molecule has 3 nitrogen and oxygen atoms in total. The van der Waals surface area contributed by atoms with Crippen molar-refractivity contribution in [1.29, 1.82) is 0 Å². The van der Waals surface area contributed by atoms with Crippen LogP contribution in [0.1, 0.15) is 44.3 Å². The quantitative estimate of drug-likeness (QED) is 0.693. The molecule has 1 aromatic heterocycles. The van der Waals surface area contributed by atoms with Gasteiger partial charge in [-0.05, 0) is 36.8 Å². The fourth-order valence-electron chi connectivity index (χ4n) is 2.21. The summed E-state index contributed by atoms with van der Waals surface area (Å²) in [6, 6.07) is 7.72. The third-order valence-electron chi connectivity index (χ3n) is 3.28. The van der Waals surface area contributed by atoms with Crippen molar-refractivity contribution in [3.63, 3.8) is 0 Å². The zero-order valence-electron chi connectivity index (χ0n) is 11.8. The van der Waals surface area contributed by atoms with Crippen LogP contribution in [0.4, 0.5) is 0 Å². The molecule has 0 unspecified atom stereocenters. The standard InChI is InChI=1S/C16H20ClN3/c1-3-5-6-7-8-16-19-18-15(4-2)20(16)14-11-9-13(17)10-12-14/h4,9-12H,2-3,5-8H2,1H3. The van der Waals surface area contributed by atoms with Gasteiger partial charge in [0.25, 0.3) is 0 Å². The molecule has 0 N–H and O–H groups in total. The summed E-state index contributed by atoms with van der Waals surface area (Å²) in [4.78, 5) is 0. The molecule has 0 spiro atoms. The molecule has 0 aliphatic heterocycles. The zero-order chi connectivity index (χ0) is 14.4. The lowest BCUT2D eigenvalue weighted by molar-refractivity contribution is 0.646. The Labute approximate surface area is 125 Å². The van der Waals surface area contributed by atoms with E-state index in [9.17, 15) is 0 Å². The predicted molar refractivity (Wildman–Crippen MR) is 84.3 cm³/mol. The second-order valence-corrected chi connectivity index (χ2v) is 5.24. The minimum absolute atomic E-state index is 0.728. The Morgan fingerprint density at radius 2 is 1.90 bits per heavy atom. The largest absolute Gasteiger partial charge is 0.280 e. The van der Waals surface area contributed by atoms with Crippen LogP contribution in [0.3, 0.4) is 0 Å². The van der Waals surface area contributed by atoms with Crippen LogP contribution in [0.25, 0.3) is 11.8 Å². The summed E-state index contributed by atoms with van der Waals surface area (Å²) in [5.74, 6) is 1.76. The predicted octanol–water partition coefficient (Wildman–Crippen LogP) is 4.69. The maximum Gasteiger partial charge on any atom is 0.160 e. The van der Waals surface area contributed by atoms with E-state index in [1.807, 2.05) is 24.3 Å². The van der Waals surface area contributed by atoms with Crippen molar-refractivity contribution in [3.05, 3.63) is 47.5 Å². The number of rotatable bonds is 7. The fourth-order valence-corrected chi connectivity index (χ4v) is 2.33. The smallest absolute Gasteiger partial charge is 0.160 e. The molecule has 0 saturated heterocycles. The first kappa shape index (κ1) is 14.8. The minimum atomic E-state index is 0.728. The summed E-state index contributed by atoms with van der Waals surface area (Å²) in [7, 11) is 0. The fraction of sp³-hybridized carbons (Fsp3) is 0.375. The maximum atomic E-state index is 5.94. The second-order valence-electron chi connectivity index (χ2n) is 4.80. The summed E-state index contributed by atoms with van der Waals surface area (Å²) in [5.41, 5.74) is 1.03. The van der Waals surface area contributed by atoms with Gasteiger partial charge in [0.1, 0.15) is 5.82 Å². The van der Waals surface area contributed by atoms with Crippen molar-refractivity contribution < 1.29 is 0 Å². The van der Waals surface area contributed by atoms with Gasteiger partial charge in [-0.3, -0.25) is 4.57 Å². The first-order valence-electron chi connectivity index (χ1n) is 7.09. The van der Waals surface area contributed by atoms with Crippen molar-refractivity contribution in [3.8, 4) is 5.69 Å². The molecular weight excluding hydrogens is 270 g/mol. The van der Waals surface area contributed by atoms with Gasteiger partial charge in [-0.2, -0.15) is 0 Å². The van der Waals surface area contributed by atoms with Crippen LogP contribution in [0.2, 0.25) is 5.02 Å². The van der Waals surface area contributed by atoms with Gasteiger partial charge in [0, 0.05) is 17.1 Å². The van der Waals surface area contributed by atoms with Crippen LogP contribution < -0.4 is 0 Å². The molecule has 2 rings (SSSR count). The van der Waals surface area contributed by atoms with E-state index < -0.39 is 0 Å². The van der Waals surface area contributed by atoms with Gasteiger partial charge in [-0.15, -0.1) is 10.2 Å². The lowest BCUT2D eigenvalue weighted by Crippen LogP contribution is -2.03. The average molecular weight is 290 g/mol. The normalized spacial score (nSPS) is 10.7. The number of unbranched alkanes of at least 4 members (excludes halogenated alkanes) is 3. The lowest BCUT2D eigenvalue weighted by atomic mass is 10.1. The SMILES string of the molecule is C=Cc1nnc(CCCCCC)n1-c1ccc(Cl)cc1. The number of aromatic nitrogens is 3. The molecule has 2 aromatic rings. The van der Waals surface area contributed by atoms with Crippen molar-refractivity contribution in [2.45, 2.75) is 39.0 Å². The van der Waals surface area contributed by atoms with Gasteiger partial charge < -0.3 is 0 Å². The molecule has 0 atom stereocenters. The van der Waals surface area contributed by atoms with E-state index in [2.05, 4.69) is 28.3 Å². The van der Waals surface area contributed by atoms with E-state index >= 15 is 0 Å². The highest BCUT2D eigenvalue weighted by Gasteiger charge is 2.11. The van der Waals surface area contributed by atoms with E-state index in [1.54, 1.807) is 6.08 Å². The number of hydrogen-bond donors (Lipinski definition) is 0. The van der Waals surface area contributed by atoms with Crippen molar-refractivity contribution in [2.75, 3.05) is 0 Å². The zero-order valence-corrected chi connectivity index (χ0v) is 12.6. The summed E-state index contributed by atoms with van der Waals surface area (Å²) < 4.78 is 2.05. The molecule has 1 aromatic carbocycles. The van der Waals surface area contributed by atoms with Crippen LogP contribution in [0.5, 0.6) is 0 Å². The number of benzene rings is 1. The maximum absolute atomic E-state index is 5.94. The highest BCUT2D eigenvalue weighted by molar-refractivity contribution is 6.30. The first-order valence-corrected chi connectivity index (χ1v) is 7.46. The molecule has 106 valence electrons. The molecule has 0 amide bonds.